The lowest BCUT2D eigenvalue weighted by molar-refractivity contribution is 0.414. The Bertz CT molecular complexity index is 844. The van der Waals surface area contributed by atoms with Crippen LogP contribution in [0.15, 0.2) is 64.3 Å². The monoisotopic (exact) mass is 495 g/mol. The van der Waals surface area contributed by atoms with E-state index in [2.05, 4.69) is 15.7 Å². The second-order valence-corrected chi connectivity index (χ2v) is 6.07. The number of furan rings is 1. The second-order valence-electron chi connectivity index (χ2n) is 6.07. The van der Waals surface area contributed by atoms with E-state index < -0.39 is 0 Å². The van der Waals surface area contributed by atoms with Crippen LogP contribution in [0.25, 0.3) is 0 Å². The number of aryl methyl sites for hydroxylation is 1. The van der Waals surface area contributed by atoms with Gasteiger partial charge in [-0.05, 0) is 35.9 Å². The smallest absolute Gasteiger partial charge is 0.191 e. The van der Waals surface area contributed by atoms with Crippen LogP contribution in [-0.4, -0.2) is 29.4 Å². The Morgan fingerprint density at radius 3 is 2.64 bits per heavy atom. The molecule has 0 aliphatic rings. The summed E-state index contributed by atoms with van der Waals surface area (Å²) in [7, 11) is 3.59. The predicted octanol–water partition coefficient (Wildman–Crippen LogP) is 3.12. The molecule has 0 bridgehead atoms. The van der Waals surface area contributed by atoms with Gasteiger partial charge in [0.2, 0.25) is 0 Å². The maximum absolute atomic E-state index is 5.38. The summed E-state index contributed by atoms with van der Waals surface area (Å²) in [6.45, 7) is 1.95. The van der Waals surface area contributed by atoms with Gasteiger partial charge in [0.05, 0.1) is 32.2 Å². The van der Waals surface area contributed by atoms with Gasteiger partial charge in [-0.2, -0.15) is 5.10 Å². The number of halogens is 1. The predicted molar refractivity (Wildman–Crippen MR) is 120 cm³/mol. The molecule has 2 aromatic heterocycles. The van der Waals surface area contributed by atoms with E-state index in [4.69, 9.17) is 14.1 Å². The van der Waals surface area contributed by atoms with Crippen LogP contribution in [0.3, 0.4) is 0 Å². The number of guanidine groups is 1. The van der Waals surface area contributed by atoms with Gasteiger partial charge in [0.15, 0.2) is 5.96 Å². The minimum Gasteiger partial charge on any atom is -0.497 e. The van der Waals surface area contributed by atoms with E-state index >= 15 is 0 Å². The normalized spacial score (nSPS) is 11.0. The van der Waals surface area contributed by atoms with E-state index in [1.807, 2.05) is 54.2 Å². The van der Waals surface area contributed by atoms with E-state index in [1.54, 1.807) is 19.6 Å². The van der Waals surface area contributed by atoms with E-state index in [9.17, 15) is 0 Å². The third-order valence-corrected chi connectivity index (χ3v) is 4.18. The number of aliphatic imine (C=N–C) groups is 1. The number of aromatic nitrogens is 2. The fourth-order valence-electron chi connectivity index (χ4n) is 2.58. The lowest BCUT2D eigenvalue weighted by Crippen LogP contribution is -2.38. The van der Waals surface area contributed by atoms with Crippen molar-refractivity contribution in [2.45, 2.75) is 19.5 Å². The Hall–Kier alpha value is -2.49. The molecule has 3 aromatic rings. The molecule has 0 fully saturated rings. The van der Waals surface area contributed by atoms with Crippen LogP contribution < -0.4 is 15.4 Å². The zero-order valence-electron chi connectivity index (χ0n) is 16.1. The highest BCUT2D eigenvalue weighted by atomic mass is 127. The molecule has 0 aliphatic heterocycles. The van der Waals surface area contributed by atoms with Gasteiger partial charge >= 0.3 is 0 Å². The summed E-state index contributed by atoms with van der Waals surface area (Å²) in [5, 5.41) is 10.9. The quantitative estimate of drug-likeness (QED) is 0.286. The highest BCUT2D eigenvalue weighted by molar-refractivity contribution is 14.0. The largest absolute Gasteiger partial charge is 0.497 e. The molecular weight excluding hydrogens is 469 g/mol. The molecule has 0 spiro atoms. The Kier molecular flexibility index (Phi) is 8.86. The fraction of sp³-hybridized carbons (Fsp3) is 0.300. The Balaban J connectivity index is 0.00000280. The Labute approximate surface area is 182 Å². The molecule has 0 unspecified atom stereocenters. The minimum atomic E-state index is 0. The lowest BCUT2D eigenvalue weighted by Gasteiger charge is -2.12. The molecule has 150 valence electrons. The summed E-state index contributed by atoms with van der Waals surface area (Å²) < 4.78 is 12.4. The van der Waals surface area contributed by atoms with Crippen molar-refractivity contribution in [2.24, 2.45) is 12.0 Å². The Morgan fingerprint density at radius 2 is 2.00 bits per heavy atom. The van der Waals surface area contributed by atoms with Crippen molar-refractivity contribution >= 4 is 29.9 Å². The standard InChI is InChI=1S/C20H25N5O2.HI/c1-25-17(9-12-24-25)15-23-20(21-11-10-19-4-3-13-27-19)22-14-16-5-7-18(26-2)8-6-16;/h3-9,12-13H,10-11,14-15H2,1-2H3,(H2,21,22,23);1H. The van der Waals surface area contributed by atoms with Crippen LogP contribution in [0, 0.1) is 0 Å². The van der Waals surface area contributed by atoms with Crippen molar-refractivity contribution in [3.8, 4) is 5.75 Å². The molecule has 3 rings (SSSR count). The number of hydrogen-bond acceptors (Lipinski definition) is 4. The molecule has 0 aliphatic carbocycles. The molecule has 28 heavy (non-hydrogen) atoms. The molecule has 7 nitrogen and oxygen atoms in total. The molecule has 1 aromatic carbocycles. The third-order valence-electron chi connectivity index (χ3n) is 4.18. The van der Waals surface area contributed by atoms with Gasteiger partial charge in [-0.15, -0.1) is 24.0 Å². The van der Waals surface area contributed by atoms with Gasteiger partial charge in [-0.1, -0.05) is 12.1 Å². The molecule has 0 saturated carbocycles. The van der Waals surface area contributed by atoms with Crippen LogP contribution in [0.4, 0.5) is 0 Å². The fourth-order valence-corrected chi connectivity index (χ4v) is 2.58. The van der Waals surface area contributed by atoms with Crippen LogP contribution >= 0.6 is 24.0 Å². The number of benzene rings is 1. The van der Waals surface area contributed by atoms with Crippen LogP contribution in [0.5, 0.6) is 5.75 Å². The topological polar surface area (TPSA) is 76.6 Å². The maximum atomic E-state index is 5.38. The summed E-state index contributed by atoms with van der Waals surface area (Å²) >= 11 is 0. The van der Waals surface area contributed by atoms with E-state index in [0.717, 1.165) is 41.7 Å². The van der Waals surface area contributed by atoms with Gasteiger partial charge in [0.25, 0.3) is 0 Å². The van der Waals surface area contributed by atoms with E-state index in [-0.39, 0.29) is 24.0 Å². The van der Waals surface area contributed by atoms with Crippen molar-refractivity contribution in [2.75, 3.05) is 13.7 Å². The first-order valence-electron chi connectivity index (χ1n) is 8.89. The maximum Gasteiger partial charge on any atom is 0.191 e. The Morgan fingerprint density at radius 1 is 1.18 bits per heavy atom. The van der Waals surface area contributed by atoms with Gasteiger partial charge < -0.3 is 19.8 Å². The molecule has 0 radical (unpaired) electrons. The van der Waals surface area contributed by atoms with E-state index in [0.29, 0.717) is 13.1 Å². The average Bonchev–Trinajstić information content (AvgIpc) is 3.35. The molecule has 2 heterocycles. The first-order chi connectivity index (χ1) is 13.2. The van der Waals surface area contributed by atoms with Crippen molar-refractivity contribution in [3.63, 3.8) is 0 Å². The minimum absolute atomic E-state index is 0. The zero-order valence-corrected chi connectivity index (χ0v) is 18.4. The third kappa shape index (κ3) is 6.59. The molecular formula is C20H26IN5O2. The molecule has 0 saturated heterocycles. The SMILES string of the molecule is COc1ccc(CN=C(NCCc2ccco2)NCc2ccnn2C)cc1.I. The number of rotatable bonds is 8. The highest BCUT2D eigenvalue weighted by Crippen LogP contribution is 2.11. The van der Waals surface area contributed by atoms with Crippen LogP contribution in [0.2, 0.25) is 0 Å². The van der Waals surface area contributed by atoms with Crippen molar-refractivity contribution in [1.29, 1.82) is 0 Å². The summed E-state index contributed by atoms with van der Waals surface area (Å²) in [5.41, 5.74) is 2.20. The molecule has 0 atom stereocenters. The van der Waals surface area contributed by atoms with Crippen molar-refractivity contribution in [3.05, 3.63) is 71.9 Å². The van der Waals surface area contributed by atoms with Crippen molar-refractivity contribution in [1.82, 2.24) is 20.4 Å². The van der Waals surface area contributed by atoms with Crippen LogP contribution in [0.1, 0.15) is 17.0 Å². The molecule has 8 heteroatoms. The molecule has 2 N–H and O–H groups in total. The lowest BCUT2D eigenvalue weighted by atomic mass is 10.2. The van der Waals surface area contributed by atoms with E-state index in [1.165, 1.54) is 0 Å². The van der Waals surface area contributed by atoms with Gasteiger partial charge in [0, 0.05) is 26.2 Å². The number of ether oxygens (including phenoxy) is 1. The summed E-state index contributed by atoms with van der Waals surface area (Å²) in [6.07, 6.45) is 4.27. The van der Waals surface area contributed by atoms with Crippen LogP contribution in [-0.2, 0) is 26.6 Å². The highest BCUT2D eigenvalue weighted by Gasteiger charge is 2.04. The van der Waals surface area contributed by atoms with Gasteiger partial charge in [0.1, 0.15) is 11.5 Å². The summed E-state index contributed by atoms with van der Waals surface area (Å²) in [5.74, 6) is 2.54. The van der Waals surface area contributed by atoms with Gasteiger partial charge in [-0.25, -0.2) is 4.99 Å². The first kappa shape index (κ1) is 21.8. The number of hydrogen-bond donors (Lipinski definition) is 2. The first-order valence-corrected chi connectivity index (χ1v) is 8.89. The number of methoxy groups -OCH3 is 1. The van der Waals surface area contributed by atoms with Crippen molar-refractivity contribution < 1.29 is 9.15 Å². The second kappa shape index (κ2) is 11.4. The average molecular weight is 495 g/mol. The van der Waals surface area contributed by atoms with Gasteiger partial charge in [-0.3, -0.25) is 4.68 Å². The molecule has 0 amide bonds. The number of nitrogens with zero attached hydrogens (tertiary/aromatic N) is 3. The zero-order chi connectivity index (χ0) is 18.9. The summed E-state index contributed by atoms with van der Waals surface area (Å²) in [6, 6.07) is 13.8. The number of nitrogens with one attached hydrogen (secondary N) is 2. The summed E-state index contributed by atoms with van der Waals surface area (Å²) in [4.78, 5) is 4.69.